The summed E-state index contributed by atoms with van der Waals surface area (Å²) in [6, 6.07) is 0. The molecule has 0 radical (unpaired) electrons. The van der Waals surface area contributed by atoms with Crippen molar-refractivity contribution in [2.45, 2.75) is 84.6 Å². The number of hydrogen-bond acceptors (Lipinski definition) is 4. The predicted octanol–water partition coefficient (Wildman–Crippen LogP) is 4.58. The molecule has 1 aromatic rings. The molecule has 2 saturated heterocycles. The number of unbranched alkanes of at least 4 members (excludes halogenated alkanes) is 1. The van der Waals surface area contributed by atoms with Gasteiger partial charge in [-0.15, -0.1) is 0 Å². The molecular formula is C25H44N4O. The minimum atomic E-state index is 0.419. The van der Waals surface area contributed by atoms with E-state index < -0.39 is 0 Å². The first-order valence-corrected chi connectivity index (χ1v) is 12.5. The van der Waals surface area contributed by atoms with E-state index in [0.717, 1.165) is 31.2 Å². The van der Waals surface area contributed by atoms with Crippen LogP contribution in [0.2, 0.25) is 0 Å². The lowest BCUT2D eigenvalue weighted by Crippen LogP contribution is -2.42. The van der Waals surface area contributed by atoms with Crippen LogP contribution in [-0.4, -0.2) is 64.6 Å². The number of Topliss-reactive ketones (excluding diaryl/α,β-unsaturated/α-hetero) is 1. The maximum atomic E-state index is 11.4. The number of ketones is 1. The van der Waals surface area contributed by atoms with Crippen molar-refractivity contribution in [2.24, 2.45) is 11.8 Å². The molecule has 0 atom stereocenters. The molecule has 0 bridgehead atoms. The number of likely N-dealkylation sites (tertiary alicyclic amines) is 2. The Kier molecular flexibility index (Phi) is 9.38. The van der Waals surface area contributed by atoms with Gasteiger partial charge in [0.05, 0.1) is 6.20 Å². The highest BCUT2D eigenvalue weighted by Gasteiger charge is 2.25. The Morgan fingerprint density at radius 2 is 1.63 bits per heavy atom. The number of rotatable bonds is 11. The smallest absolute Gasteiger partial charge is 0.132 e. The molecule has 3 heterocycles. The molecule has 30 heavy (non-hydrogen) atoms. The Balaban J connectivity index is 1.27. The van der Waals surface area contributed by atoms with Crippen LogP contribution in [0.4, 0.5) is 0 Å². The van der Waals surface area contributed by atoms with E-state index in [0.29, 0.717) is 18.1 Å². The summed E-state index contributed by atoms with van der Waals surface area (Å²) in [4.78, 5) is 16.7. The van der Waals surface area contributed by atoms with Crippen molar-refractivity contribution in [3.8, 4) is 0 Å². The third-order valence-electron chi connectivity index (χ3n) is 7.27. The van der Waals surface area contributed by atoms with Crippen LogP contribution >= 0.6 is 0 Å². The fourth-order valence-corrected chi connectivity index (χ4v) is 4.99. The summed E-state index contributed by atoms with van der Waals surface area (Å²) in [6.07, 6.45) is 13.3. The molecule has 0 aliphatic carbocycles. The molecule has 2 aliphatic rings. The van der Waals surface area contributed by atoms with E-state index in [-0.39, 0.29) is 0 Å². The van der Waals surface area contributed by atoms with Crippen molar-refractivity contribution in [1.29, 1.82) is 0 Å². The quantitative estimate of drug-likeness (QED) is 0.495. The van der Waals surface area contributed by atoms with Crippen molar-refractivity contribution in [1.82, 2.24) is 19.6 Å². The molecule has 0 spiro atoms. The van der Waals surface area contributed by atoms with Crippen molar-refractivity contribution in [3.63, 3.8) is 0 Å². The van der Waals surface area contributed by atoms with Crippen molar-refractivity contribution < 1.29 is 4.79 Å². The number of carbonyl (C=O) groups excluding carboxylic acids is 1. The summed E-state index contributed by atoms with van der Waals surface area (Å²) in [6.45, 7) is 15.0. The van der Waals surface area contributed by atoms with Gasteiger partial charge in [-0.1, -0.05) is 20.8 Å². The van der Waals surface area contributed by atoms with Crippen molar-refractivity contribution in [3.05, 3.63) is 18.0 Å². The van der Waals surface area contributed by atoms with Gasteiger partial charge in [-0.3, -0.25) is 9.48 Å². The highest BCUT2D eigenvalue weighted by Crippen LogP contribution is 2.24. The predicted molar refractivity (Wildman–Crippen MR) is 124 cm³/mol. The monoisotopic (exact) mass is 416 g/mol. The summed E-state index contributed by atoms with van der Waals surface area (Å²) in [5.74, 6) is 2.64. The lowest BCUT2D eigenvalue weighted by molar-refractivity contribution is -0.118. The first-order valence-electron chi connectivity index (χ1n) is 12.5. The molecule has 0 unspecified atom stereocenters. The number of carbonyl (C=O) groups is 1. The van der Waals surface area contributed by atoms with E-state index in [1.54, 1.807) is 0 Å². The second-order valence-corrected chi connectivity index (χ2v) is 10.0. The maximum absolute atomic E-state index is 11.4. The topological polar surface area (TPSA) is 41.4 Å². The first-order chi connectivity index (χ1) is 14.5. The van der Waals surface area contributed by atoms with Crippen molar-refractivity contribution >= 4 is 5.78 Å². The highest BCUT2D eigenvalue weighted by atomic mass is 16.1. The molecule has 170 valence electrons. The summed E-state index contributed by atoms with van der Waals surface area (Å²) >= 11 is 0. The standard InChI is InChI=1S/C25H44N4O/c1-4-25(30)7-5-6-12-27-13-8-22(9-14-27)18-28-15-10-23(11-16-28)19-29-20-24(17-26-29)21(2)3/h17,20-23H,4-16,18-19H2,1-3H3. The molecule has 0 saturated carbocycles. The van der Waals surface area contributed by atoms with E-state index in [1.807, 2.05) is 13.1 Å². The lowest BCUT2D eigenvalue weighted by Gasteiger charge is -2.37. The molecule has 3 rings (SSSR count). The summed E-state index contributed by atoms with van der Waals surface area (Å²) < 4.78 is 2.17. The number of hydrogen-bond donors (Lipinski definition) is 0. The van der Waals surface area contributed by atoms with Crippen molar-refractivity contribution in [2.75, 3.05) is 39.3 Å². The van der Waals surface area contributed by atoms with Crippen LogP contribution in [0, 0.1) is 11.8 Å². The Bertz CT molecular complexity index is 625. The van der Waals surface area contributed by atoms with Crippen LogP contribution in [0.5, 0.6) is 0 Å². The number of piperidine rings is 2. The van der Waals surface area contributed by atoms with Gasteiger partial charge in [0.1, 0.15) is 5.78 Å². The van der Waals surface area contributed by atoms with Crippen LogP contribution in [0.3, 0.4) is 0 Å². The Labute approximate surface area is 184 Å². The van der Waals surface area contributed by atoms with Crippen LogP contribution < -0.4 is 0 Å². The Hall–Kier alpha value is -1.20. The van der Waals surface area contributed by atoms with E-state index in [2.05, 4.69) is 39.6 Å². The molecule has 1 aromatic heterocycles. The van der Waals surface area contributed by atoms with Gasteiger partial charge in [-0.2, -0.15) is 5.10 Å². The largest absolute Gasteiger partial charge is 0.303 e. The zero-order chi connectivity index (χ0) is 21.3. The molecule has 2 aliphatic heterocycles. The summed E-state index contributed by atoms with van der Waals surface area (Å²) in [7, 11) is 0. The SMILES string of the molecule is CCC(=O)CCCCN1CCC(CN2CCC(Cn3cc(C(C)C)cn3)CC2)CC1. The van der Waals surface area contributed by atoms with Gasteiger partial charge in [-0.05, 0) is 94.6 Å². The summed E-state index contributed by atoms with van der Waals surface area (Å²) in [5, 5.41) is 4.57. The zero-order valence-electron chi connectivity index (χ0n) is 19.7. The molecular weight excluding hydrogens is 372 g/mol. The minimum absolute atomic E-state index is 0.419. The Morgan fingerprint density at radius 1 is 1.00 bits per heavy atom. The molecule has 5 nitrogen and oxygen atoms in total. The Morgan fingerprint density at radius 3 is 2.23 bits per heavy atom. The first kappa shape index (κ1) is 23.5. The van der Waals surface area contributed by atoms with E-state index in [1.165, 1.54) is 76.9 Å². The van der Waals surface area contributed by atoms with E-state index in [4.69, 9.17) is 0 Å². The van der Waals surface area contributed by atoms with Gasteiger partial charge in [0.15, 0.2) is 0 Å². The minimum Gasteiger partial charge on any atom is -0.303 e. The normalized spacial score (nSPS) is 20.3. The van der Waals surface area contributed by atoms with Gasteiger partial charge in [-0.25, -0.2) is 0 Å². The molecule has 2 fully saturated rings. The third-order valence-corrected chi connectivity index (χ3v) is 7.27. The maximum Gasteiger partial charge on any atom is 0.132 e. The average molecular weight is 417 g/mol. The molecule has 0 aromatic carbocycles. The van der Waals surface area contributed by atoms with Gasteiger partial charge in [0, 0.05) is 32.1 Å². The van der Waals surface area contributed by atoms with Gasteiger partial charge in [0.2, 0.25) is 0 Å². The van der Waals surface area contributed by atoms with Gasteiger partial charge >= 0.3 is 0 Å². The van der Waals surface area contributed by atoms with E-state index >= 15 is 0 Å². The molecule has 5 heteroatoms. The number of nitrogens with zero attached hydrogens (tertiary/aromatic N) is 4. The van der Waals surface area contributed by atoms with Gasteiger partial charge < -0.3 is 9.80 Å². The molecule has 0 N–H and O–H groups in total. The van der Waals surface area contributed by atoms with Crippen LogP contribution in [-0.2, 0) is 11.3 Å². The second-order valence-electron chi connectivity index (χ2n) is 10.0. The van der Waals surface area contributed by atoms with Crippen LogP contribution in [0.1, 0.15) is 83.6 Å². The highest BCUT2D eigenvalue weighted by molar-refractivity contribution is 5.77. The van der Waals surface area contributed by atoms with E-state index in [9.17, 15) is 4.79 Å². The average Bonchev–Trinajstić information content (AvgIpc) is 3.22. The van der Waals surface area contributed by atoms with Crippen LogP contribution in [0.25, 0.3) is 0 Å². The lowest BCUT2D eigenvalue weighted by atomic mass is 9.92. The third kappa shape index (κ3) is 7.49. The fourth-order valence-electron chi connectivity index (χ4n) is 4.99. The fraction of sp³-hybridized carbons (Fsp3) is 0.840. The molecule has 0 amide bonds. The number of aromatic nitrogens is 2. The van der Waals surface area contributed by atoms with Crippen LogP contribution in [0.15, 0.2) is 12.4 Å². The summed E-state index contributed by atoms with van der Waals surface area (Å²) in [5.41, 5.74) is 1.35. The zero-order valence-corrected chi connectivity index (χ0v) is 19.7. The second kappa shape index (κ2) is 12.0. The van der Waals surface area contributed by atoms with Gasteiger partial charge in [0.25, 0.3) is 0 Å².